The molecule has 1 amide bonds. The SMILES string of the molecule is Cc1ccc(NC(=O)C2CCc3nc4ccc(C)cn4c3C2)c(Br)c1. The number of aryl methyl sites for hydroxylation is 3. The topological polar surface area (TPSA) is 46.4 Å². The van der Waals surface area contributed by atoms with Crippen LogP contribution in [0.25, 0.3) is 5.65 Å². The Hall–Kier alpha value is -2.14. The Morgan fingerprint density at radius 3 is 2.84 bits per heavy atom. The summed E-state index contributed by atoms with van der Waals surface area (Å²) < 4.78 is 3.06. The summed E-state index contributed by atoms with van der Waals surface area (Å²) in [5.74, 6) is 0.0546. The van der Waals surface area contributed by atoms with E-state index >= 15 is 0 Å². The van der Waals surface area contributed by atoms with Crippen molar-refractivity contribution in [3.8, 4) is 0 Å². The molecule has 0 aliphatic heterocycles. The van der Waals surface area contributed by atoms with Gasteiger partial charge in [0, 0.05) is 28.7 Å². The maximum Gasteiger partial charge on any atom is 0.227 e. The van der Waals surface area contributed by atoms with Gasteiger partial charge < -0.3 is 9.72 Å². The maximum absolute atomic E-state index is 12.8. The van der Waals surface area contributed by atoms with E-state index in [4.69, 9.17) is 4.98 Å². The molecule has 0 radical (unpaired) electrons. The van der Waals surface area contributed by atoms with Gasteiger partial charge in [-0.2, -0.15) is 0 Å². The number of benzene rings is 1. The smallest absolute Gasteiger partial charge is 0.227 e. The van der Waals surface area contributed by atoms with E-state index in [9.17, 15) is 4.79 Å². The van der Waals surface area contributed by atoms with Crippen LogP contribution in [-0.2, 0) is 17.6 Å². The highest BCUT2D eigenvalue weighted by atomic mass is 79.9. The van der Waals surface area contributed by atoms with Gasteiger partial charge >= 0.3 is 0 Å². The summed E-state index contributed by atoms with van der Waals surface area (Å²) in [6.07, 6.45) is 4.53. The van der Waals surface area contributed by atoms with Crippen LogP contribution in [0.3, 0.4) is 0 Å². The minimum absolute atomic E-state index is 0.0267. The molecule has 0 fully saturated rings. The minimum Gasteiger partial charge on any atom is -0.325 e. The fraction of sp³-hybridized carbons (Fsp3) is 0.300. The average molecular weight is 398 g/mol. The summed E-state index contributed by atoms with van der Waals surface area (Å²) in [5.41, 5.74) is 6.46. The summed E-state index contributed by atoms with van der Waals surface area (Å²) in [7, 11) is 0. The van der Waals surface area contributed by atoms with Gasteiger partial charge in [-0.3, -0.25) is 4.79 Å². The molecule has 128 valence electrons. The number of carbonyl (C=O) groups is 1. The van der Waals surface area contributed by atoms with Crippen molar-refractivity contribution in [2.75, 3.05) is 5.32 Å². The van der Waals surface area contributed by atoms with Crippen LogP contribution in [0.15, 0.2) is 41.0 Å². The Kier molecular flexibility index (Phi) is 4.12. The van der Waals surface area contributed by atoms with Gasteiger partial charge in [-0.1, -0.05) is 12.1 Å². The lowest BCUT2D eigenvalue weighted by Gasteiger charge is -2.21. The third-order valence-electron chi connectivity index (χ3n) is 4.87. The number of fused-ring (bicyclic) bond motifs is 3. The second-order valence-corrected chi connectivity index (χ2v) is 7.71. The molecule has 4 rings (SSSR count). The summed E-state index contributed by atoms with van der Waals surface area (Å²) in [6.45, 7) is 4.11. The van der Waals surface area contributed by atoms with E-state index in [2.05, 4.69) is 44.8 Å². The molecule has 0 spiro atoms. The van der Waals surface area contributed by atoms with E-state index in [1.54, 1.807) is 0 Å². The predicted molar refractivity (Wildman–Crippen MR) is 103 cm³/mol. The van der Waals surface area contributed by atoms with Crippen molar-refractivity contribution in [1.29, 1.82) is 0 Å². The molecule has 1 aliphatic rings. The molecule has 1 atom stereocenters. The Labute approximate surface area is 155 Å². The second kappa shape index (κ2) is 6.30. The second-order valence-electron chi connectivity index (χ2n) is 6.85. The van der Waals surface area contributed by atoms with Gasteiger partial charge in [0.25, 0.3) is 0 Å². The molecule has 1 unspecified atom stereocenters. The number of nitrogens with one attached hydrogen (secondary N) is 1. The zero-order valence-electron chi connectivity index (χ0n) is 14.3. The largest absolute Gasteiger partial charge is 0.325 e. The number of nitrogens with zero attached hydrogens (tertiary/aromatic N) is 2. The molecule has 25 heavy (non-hydrogen) atoms. The van der Waals surface area contributed by atoms with Crippen LogP contribution in [0, 0.1) is 19.8 Å². The van der Waals surface area contributed by atoms with Gasteiger partial charge in [0.05, 0.1) is 11.4 Å². The first kappa shape index (κ1) is 16.3. The molecular formula is C20H20BrN3O. The van der Waals surface area contributed by atoms with Crippen molar-refractivity contribution < 1.29 is 4.79 Å². The number of amides is 1. The monoisotopic (exact) mass is 397 g/mol. The Morgan fingerprint density at radius 2 is 2.04 bits per heavy atom. The zero-order chi connectivity index (χ0) is 17.6. The van der Waals surface area contributed by atoms with Gasteiger partial charge in [0.15, 0.2) is 0 Å². The number of halogens is 1. The van der Waals surface area contributed by atoms with Crippen LogP contribution in [0.1, 0.15) is 28.9 Å². The molecule has 1 aliphatic carbocycles. The fourth-order valence-corrected chi connectivity index (χ4v) is 4.08. The zero-order valence-corrected chi connectivity index (χ0v) is 15.9. The first-order chi connectivity index (χ1) is 12.0. The van der Waals surface area contributed by atoms with Crippen LogP contribution in [-0.4, -0.2) is 15.3 Å². The van der Waals surface area contributed by atoms with Crippen LogP contribution < -0.4 is 5.32 Å². The van der Waals surface area contributed by atoms with Gasteiger partial charge in [-0.05, 0) is 71.9 Å². The number of hydrogen-bond acceptors (Lipinski definition) is 2. The molecule has 0 saturated heterocycles. The normalized spacial score (nSPS) is 16.7. The lowest BCUT2D eigenvalue weighted by Crippen LogP contribution is -2.28. The van der Waals surface area contributed by atoms with Crippen LogP contribution in [0.4, 0.5) is 5.69 Å². The molecule has 0 bridgehead atoms. The number of imidazole rings is 1. The number of aromatic nitrogens is 2. The third kappa shape index (κ3) is 3.09. The quantitative estimate of drug-likeness (QED) is 0.693. The summed E-state index contributed by atoms with van der Waals surface area (Å²) >= 11 is 3.53. The molecule has 2 heterocycles. The van der Waals surface area contributed by atoms with Gasteiger partial charge in [0.1, 0.15) is 5.65 Å². The van der Waals surface area contributed by atoms with E-state index in [-0.39, 0.29) is 11.8 Å². The minimum atomic E-state index is -0.0267. The van der Waals surface area contributed by atoms with Crippen molar-refractivity contribution in [1.82, 2.24) is 9.38 Å². The number of anilines is 1. The number of pyridine rings is 1. The Morgan fingerprint density at radius 1 is 1.24 bits per heavy atom. The molecular weight excluding hydrogens is 378 g/mol. The Balaban J connectivity index is 1.58. The molecule has 3 aromatic rings. The van der Waals surface area contributed by atoms with E-state index in [0.29, 0.717) is 0 Å². The van der Waals surface area contributed by atoms with Crippen LogP contribution in [0.2, 0.25) is 0 Å². The third-order valence-corrected chi connectivity index (χ3v) is 5.53. The highest BCUT2D eigenvalue weighted by Gasteiger charge is 2.28. The molecule has 0 saturated carbocycles. The molecule has 1 aromatic carbocycles. The lowest BCUT2D eigenvalue weighted by atomic mass is 9.89. The van der Waals surface area contributed by atoms with Crippen molar-refractivity contribution >= 4 is 33.2 Å². The number of carbonyl (C=O) groups excluding carboxylic acids is 1. The molecule has 2 aromatic heterocycles. The van der Waals surface area contributed by atoms with Crippen molar-refractivity contribution in [3.63, 3.8) is 0 Å². The molecule has 5 heteroatoms. The highest BCUT2D eigenvalue weighted by Crippen LogP contribution is 2.29. The summed E-state index contributed by atoms with van der Waals surface area (Å²) in [5, 5.41) is 3.07. The summed E-state index contributed by atoms with van der Waals surface area (Å²) in [4.78, 5) is 17.5. The van der Waals surface area contributed by atoms with Crippen molar-refractivity contribution in [3.05, 3.63) is 63.5 Å². The average Bonchev–Trinajstić information content (AvgIpc) is 2.94. The first-order valence-corrected chi connectivity index (χ1v) is 9.34. The standard InChI is InChI=1S/C20H20BrN3O/c1-12-3-6-16(15(21)9-12)23-20(25)14-5-7-17-18(10-14)24-11-13(2)4-8-19(24)22-17/h3-4,6,8-9,11,14H,5,7,10H2,1-2H3,(H,23,25). The van der Waals surface area contributed by atoms with E-state index in [0.717, 1.165) is 46.3 Å². The van der Waals surface area contributed by atoms with E-state index in [1.807, 2.05) is 31.2 Å². The van der Waals surface area contributed by atoms with E-state index in [1.165, 1.54) is 11.3 Å². The van der Waals surface area contributed by atoms with Crippen LogP contribution in [0.5, 0.6) is 0 Å². The first-order valence-electron chi connectivity index (χ1n) is 8.55. The maximum atomic E-state index is 12.8. The lowest BCUT2D eigenvalue weighted by molar-refractivity contribution is -0.120. The van der Waals surface area contributed by atoms with Crippen molar-refractivity contribution in [2.45, 2.75) is 33.1 Å². The van der Waals surface area contributed by atoms with E-state index < -0.39 is 0 Å². The highest BCUT2D eigenvalue weighted by molar-refractivity contribution is 9.10. The molecule has 4 nitrogen and oxygen atoms in total. The summed E-state index contributed by atoms with van der Waals surface area (Å²) in [6, 6.07) is 10.1. The predicted octanol–water partition coefficient (Wildman–Crippen LogP) is 4.46. The van der Waals surface area contributed by atoms with Gasteiger partial charge in [-0.15, -0.1) is 0 Å². The van der Waals surface area contributed by atoms with Crippen molar-refractivity contribution in [2.24, 2.45) is 5.92 Å². The number of rotatable bonds is 2. The fourth-order valence-electron chi connectivity index (χ4n) is 3.49. The number of hydrogen-bond donors (Lipinski definition) is 1. The molecule has 1 N–H and O–H groups in total. The van der Waals surface area contributed by atoms with Gasteiger partial charge in [0.2, 0.25) is 5.91 Å². The van der Waals surface area contributed by atoms with Crippen LogP contribution >= 0.6 is 15.9 Å². The van der Waals surface area contributed by atoms with Gasteiger partial charge in [-0.25, -0.2) is 4.98 Å². The Bertz CT molecular complexity index is 976.